The Balaban J connectivity index is 1.80. The molecule has 0 amide bonds. The van der Waals surface area contributed by atoms with Crippen LogP contribution in [0.25, 0.3) is 0 Å². The number of hydrogen-bond acceptors (Lipinski definition) is 6. The highest BCUT2D eigenvalue weighted by Crippen LogP contribution is 2.41. The van der Waals surface area contributed by atoms with E-state index in [4.69, 9.17) is 4.74 Å². The number of hydroxylamine groups is 2. The molecule has 0 radical (unpaired) electrons. The van der Waals surface area contributed by atoms with Gasteiger partial charge in [0.15, 0.2) is 0 Å². The molecule has 6 nitrogen and oxygen atoms in total. The van der Waals surface area contributed by atoms with Crippen LogP contribution in [0, 0.1) is 5.95 Å². The third-order valence-corrected chi connectivity index (χ3v) is 5.49. The number of hydrogen-bond donors (Lipinski definition) is 1. The van der Waals surface area contributed by atoms with Crippen LogP contribution in [0.3, 0.4) is 0 Å². The Morgan fingerprint density at radius 1 is 1.25 bits per heavy atom. The lowest BCUT2D eigenvalue weighted by Gasteiger charge is -2.47. The summed E-state index contributed by atoms with van der Waals surface area (Å²) in [5, 5.41) is 11.8. The average Bonchev–Trinajstić information content (AvgIpc) is 2.77. The van der Waals surface area contributed by atoms with Gasteiger partial charge in [-0.15, -0.1) is 0 Å². The molecule has 10 heteroatoms. The number of Topliss-reactive ketones (excluding diaryl/α,β-unsaturated/α-hetero) is 1. The highest BCUT2D eigenvalue weighted by molar-refractivity contribution is 6.01. The van der Waals surface area contributed by atoms with Crippen LogP contribution in [0.2, 0.25) is 0 Å². The van der Waals surface area contributed by atoms with Crippen LogP contribution in [0.5, 0.6) is 5.75 Å². The molecule has 3 heterocycles. The van der Waals surface area contributed by atoms with Gasteiger partial charge in [0.05, 0.1) is 18.4 Å². The maximum Gasteiger partial charge on any atom is 0.416 e. The Kier molecular flexibility index (Phi) is 5.74. The predicted octanol–water partition coefficient (Wildman–Crippen LogP) is 3.89. The van der Waals surface area contributed by atoms with Crippen molar-refractivity contribution in [2.24, 2.45) is 0 Å². The summed E-state index contributed by atoms with van der Waals surface area (Å²) in [6.45, 7) is 0.306. The minimum atomic E-state index is -4.64. The van der Waals surface area contributed by atoms with Gasteiger partial charge >= 0.3 is 6.18 Å². The van der Waals surface area contributed by atoms with Crippen molar-refractivity contribution in [3.63, 3.8) is 0 Å². The zero-order valence-electron chi connectivity index (χ0n) is 16.9. The second kappa shape index (κ2) is 8.36. The minimum absolute atomic E-state index is 0.0398. The summed E-state index contributed by atoms with van der Waals surface area (Å²) < 4.78 is 58.5. The number of ether oxygens (including phenoxy) is 1. The quantitative estimate of drug-likeness (QED) is 0.565. The zero-order valence-corrected chi connectivity index (χ0v) is 16.9. The van der Waals surface area contributed by atoms with E-state index in [2.05, 4.69) is 4.98 Å². The molecule has 0 bridgehead atoms. The van der Waals surface area contributed by atoms with Crippen LogP contribution >= 0.6 is 0 Å². The van der Waals surface area contributed by atoms with E-state index in [1.807, 2.05) is 0 Å². The minimum Gasteiger partial charge on any atom is -0.496 e. The van der Waals surface area contributed by atoms with E-state index < -0.39 is 35.7 Å². The van der Waals surface area contributed by atoms with Crippen molar-refractivity contribution in [3.05, 3.63) is 83.1 Å². The number of pyridine rings is 1. The number of ketones is 1. The molecule has 0 saturated carbocycles. The number of rotatable bonds is 4. The van der Waals surface area contributed by atoms with E-state index in [9.17, 15) is 27.6 Å². The second-order valence-electron chi connectivity index (χ2n) is 7.41. The van der Waals surface area contributed by atoms with Crippen molar-refractivity contribution in [3.8, 4) is 5.75 Å². The summed E-state index contributed by atoms with van der Waals surface area (Å²) in [6, 6.07) is 4.03. The Morgan fingerprint density at radius 2 is 2.03 bits per heavy atom. The smallest absolute Gasteiger partial charge is 0.416 e. The van der Waals surface area contributed by atoms with Gasteiger partial charge in [0.2, 0.25) is 11.7 Å². The summed E-state index contributed by atoms with van der Waals surface area (Å²) in [4.78, 5) is 18.5. The number of allylic oxidation sites excluding steroid dienone is 2. The van der Waals surface area contributed by atoms with E-state index >= 15 is 0 Å². The molecule has 168 valence electrons. The fourth-order valence-corrected chi connectivity index (χ4v) is 3.96. The molecule has 1 N–H and O–H groups in total. The maximum atomic E-state index is 13.4. The van der Waals surface area contributed by atoms with E-state index in [-0.39, 0.29) is 23.4 Å². The molecule has 4 rings (SSSR count). The third kappa shape index (κ3) is 3.98. The van der Waals surface area contributed by atoms with Crippen molar-refractivity contribution < 1.29 is 32.3 Å². The second-order valence-corrected chi connectivity index (χ2v) is 7.41. The fourth-order valence-electron chi connectivity index (χ4n) is 3.96. The number of carbonyl (C=O) groups is 1. The van der Waals surface area contributed by atoms with Crippen LogP contribution in [0.15, 0.2) is 60.5 Å². The Bertz CT molecular complexity index is 1080. The number of carbonyl (C=O) groups excluding carboxylic acids is 1. The summed E-state index contributed by atoms with van der Waals surface area (Å²) >= 11 is 0. The molecule has 1 aromatic heterocycles. The van der Waals surface area contributed by atoms with Gasteiger partial charge < -0.3 is 14.8 Å². The molecular weight excluding hydrogens is 430 g/mol. The molecule has 2 unspecified atom stereocenters. The van der Waals surface area contributed by atoms with Crippen molar-refractivity contribution in [2.45, 2.75) is 24.8 Å². The average molecular weight is 449 g/mol. The first-order valence-electron chi connectivity index (χ1n) is 9.71. The molecule has 2 aliphatic rings. The van der Waals surface area contributed by atoms with Crippen LogP contribution in [0.1, 0.15) is 22.7 Å². The normalized spacial score (nSPS) is 21.4. The van der Waals surface area contributed by atoms with Crippen LogP contribution in [-0.4, -0.2) is 45.8 Å². The first-order chi connectivity index (χ1) is 15.2. The Morgan fingerprint density at radius 3 is 2.69 bits per heavy atom. The third-order valence-electron chi connectivity index (χ3n) is 5.49. The van der Waals surface area contributed by atoms with Gasteiger partial charge in [0.1, 0.15) is 18.0 Å². The number of benzene rings is 1. The molecule has 2 aromatic rings. The number of halogens is 4. The van der Waals surface area contributed by atoms with Gasteiger partial charge in [-0.25, -0.2) is 4.98 Å². The lowest BCUT2D eigenvalue weighted by molar-refractivity contribution is -0.209. The molecule has 0 aliphatic carbocycles. The molecule has 1 saturated heterocycles. The lowest BCUT2D eigenvalue weighted by Crippen LogP contribution is -2.57. The van der Waals surface area contributed by atoms with Crippen molar-refractivity contribution >= 4 is 5.78 Å². The van der Waals surface area contributed by atoms with Crippen LogP contribution in [0.4, 0.5) is 17.6 Å². The van der Waals surface area contributed by atoms with Gasteiger partial charge in [-0.3, -0.25) is 4.79 Å². The Hall–Kier alpha value is -3.24. The monoisotopic (exact) mass is 449 g/mol. The van der Waals surface area contributed by atoms with Gasteiger partial charge in [-0.1, -0.05) is 18.2 Å². The van der Waals surface area contributed by atoms with E-state index in [1.165, 1.54) is 25.4 Å². The topological polar surface area (TPSA) is 65.9 Å². The van der Waals surface area contributed by atoms with E-state index in [0.717, 1.165) is 23.3 Å². The van der Waals surface area contributed by atoms with Crippen molar-refractivity contribution in [2.75, 3.05) is 13.7 Å². The number of fused-ring (bicyclic) bond motifs is 1. The maximum absolute atomic E-state index is 13.4. The molecular formula is C22H19F4N3O3. The zero-order chi connectivity index (χ0) is 23.0. The highest BCUT2D eigenvalue weighted by Gasteiger charge is 2.46. The number of nitrogens with zero attached hydrogens (tertiary/aromatic N) is 3. The summed E-state index contributed by atoms with van der Waals surface area (Å²) in [7, 11) is 1.28. The molecule has 2 atom stereocenters. The molecule has 1 aromatic carbocycles. The standard InChI is InChI=1S/C22H19F4N3O3/c1-32-17-7-6-14(22(24,25)26)11-15(17)20-21(30)16-4-2-3-9-28(16)19(29(20)31)10-13-5-8-18(23)27-12-13/h2-8,11-12,19-20,31H,9-10H2,1H3. The van der Waals surface area contributed by atoms with Gasteiger partial charge in [0, 0.05) is 24.7 Å². The van der Waals surface area contributed by atoms with Crippen molar-refractivity contribution in [1.82, 2.24) is 14.9 Å². The van der Waals surface area contributed by atoms with Gasteiger partial charge in [-0.05, 0) is 35.9 Å². The first-order valence-corrected chi connectivity index (χ1v) is 9.71. The molecule has 2 aliphatic heterocycles. The van der Waals surface area contributed by atoms with Crippen molar-refractivity contribution in [1.29, 1.82) is 0 Å². The fraction of sp³-hybridized carbons (Fsp3) is 0.273. The van der Waals surface area contributed by atoms with E-state index in [1.54, 1.807) is 23.1 Å². The van der Waals surface area contributed by atoms with Gasteiger partial charge in [0.25, 0.3) is 0 Å². The number of aromatic nitrogens is 1. The highest BCUT2D eigenvalue weighted by atomic mass is 19.4. The number of methoxy groups -OCH3 is 1. The number of alkyl halides is 3. The lowest BCUT2D eigenvalue weighted by atomic mass is 9.91. The van der Waals surface area contributed by atoms with Crippen LogP contribution in [-0.2, 0) is 17.4 Å². The largest absolute Gasteiger partial charge is 0.496 e. The SMILES string of the molecule is COc1ccc(C(F)(F)F)cc1C1C(=O)C2=CC=CCN2C(Cc2ccc(F)nc2)N1O. The van der Waals surface area contributed by atoms with Gasteiger partial charge in [-0.2, -0.15) is 22.6 Å². The molecule has 0 spiro atoms. The molecule has 32 heavy (non-hydrogen) atoms. The first kappa shape index (κ1) is 22.0. The summed E-state index contributed by atoms with van der Waals surface area (Å²) in [5.41, 5.74) is -0.239. The van der Waals surface area contributed by atoms with E-state index in [0.29, 0.717) is 12.1 Å². The Labute approximate surface area is 181 Å². The molecule has 1 fully saturated rings. The van der Waals surface area contributed by atoms with Crippen LogP contribution < -0.4 is 4.74 Å². The summed E-state index contributed by atoms with van der Waals surface area (Å²) in [5.74, 6) is -1.19. The summed E-state index contributed by atoms with van der Waals surface area (Å²) in [6.07, 6.45) is 1.00. The predicted molar refractivity (Wildman–Crippen MR) is 105 cm³/mol.